The Morgan fingerprint density at radius 2 is 2.00 bits per heavy atom. The third kappa shape index (κ3) is 5.20. The Balaban J connectivity index is 2.61. The first-order valence-electron chi connectivity index (χ1n) is 5.84. The number of nitrogens with one attached hydrogen (secondary N) is 2. The lowest BCUT2D eigenvalue weighted by Gasteiger charge is -2.06. The van der Waals surface area contributed by atoms with Gasteiger partial charge in [-0.15, -0.1) is 0 Å². The van der Waals surface area contributed by atoms with Gasteiger partial charge < -0.3 is 15.4 Å². The second kappa shape index (κ2) is 7.15. The second-order valence-corrected chi connectivity index (χ2v) is 3.79. The molecule has 0 fully saturated rings. The SMILES string of the molecule is CCNC(=O)OCC(=O)c1cccc(NC(C)=O)c1. The summed E-state index contributed by atoms with van der Waals surface area (Å²) >= 11 is 0. The zero-order chi connectivity index (χ0) is 14.3. The van der Waals surface area contributed by atoms with E-state index in [1.165, 1.54) is 13.0 Å². The highest BCUT2D eigenvalue weighted by Gasteiger charge is 2.10. The summed E-state index contributed by atoms with van der Waals surface area (Å²) in [6.45, 7) is 3.23. The van der Waals surface area contributed by atoms with Crippen molar-refractivity contribution in [1.29, 1.82) is 0 Å². The molecule has 0 atom stereocenters. The molecule has 102 valence electrons. The zero-order valence-corrected chi connectivity index (χ0v) is 10.9. The molecule has 1 aromatic carbocycles. The fourth-order valence-corrected chi connectivity index (χ4v) is 1.38. The monoisotopic (exact) mass is 264 g/mol. The van der Waals surface area contributed by atoms with Crippen molar-refractivity contribution in [2.75, 3.05) is 18.5 Å². The lowest BCUT2D eigenvalue weighted by molar-refractivity contribution is -0.114. The van der Waals surface area contributed by atoms with E-state index in [1.807, 2.05) is 0 Å². The van der Waals surface area contributed by atoms with Gasteiger partial charge >= 0.3 is 6.09 Å². The van der Waals surface area contributed by atoms with Crippen LogP contribution in [0.4, 0.5) is 10.5 Å². The highest BCUT2D eigenvalue weighted by Crippen LogP contribution is 2.11. The number of alkyl carbamates (subject to hydrolysis) is 1. The quantitative estimate of drug-likeness (QED) is 0.791. The smallest absolute Gasteiger partial charge is 0.407 e. The molecule has 0 spiro atoms. The van der Waals surface area contributed by atoms with Gasteiger partial charge in [0.05, 0.1) is 0 Å². The Morgan fingerprint density at radius 1 is 1.26 bits per heavy atom. The molecule has 2 amide bonds. The number of carbonyl (C=O) groups is 3. The summed E-state index contributed by atoms with van der Waals surface area (Å²) in [5, 5.41) is 4.99. The van der Waals surface area contributed by atoms with Gasteiger partial charge in [-0.1, -0.05) is 12.1 Å². The van der Waals surface area contributed by atoms with Gasteiger partial charge in [-0.25, -0.2) is 4.79 Å². The molecule has 0 aromatic heterocycles. The van der Waals surface area contributed by atoms with Crippen LogP contribution in [0, 0.1) is 0 Å². The highest BCUT2D eigenvalue weighted by molar-refractivity contribution is 5.99. The minimum absolute atomic E-state index is 0.219. The van der Waals surface area contributed by atoms with Crippen LogP contribution >= 0.6 is 0 Å². The van der Waals surface area contributed by atoms with Crippen molar-refractivity contribution in [1.82, 2.24) is 5.32 Å². The fraction of sp³-hybridized carbons (Fsp3) is 0.308. The van der Waals surface area contributed by atoms with Crippen molar-refractivity contribution in [3.05, 3.63) is 29.8 Å². The summed E-state index contributed by atoms with van der Waals surface area (Å²) in [6.07, 6.45) is -0.631. The lowest BCUT2D eigenvalue weighted by atomic mass is 10.1. The van der Waals surface area contributed by atoms with E-state index < -0.39 is 6.09 Å². The van der Waals surface area contributed by atoms with Gasteiger partial charge in [0.15, 0.2) is 12.4 Å². The Kier molecular flexibility index (Phi) is 5.53. The van der Waals surface area contributed by atoms with Gasteiger partial charge in [0.1, 0.15) is 0 Å². The molecular formula is C13H16N2O4. The van der Waals surface area contributed by atoms with E-state index >= 15 is 0 Å². The predicted octanol–water partition coefficient (Wildman–Crippen LogP) is 1.57. The van der Waals surface area contributed by atoms with Crippen LogP contribution in [0.2, 0.25) is 0 Å². The maximum atomic E-state index is 11.8. The molecular weight excluding hydrogens is 248 g/mol. The van der Waals surface area contributed by atoms with Crippen molar-refractivity contribution in [3.8, 4) is 0 Å². The molecule has 0 aliphatic heterocycles. The van der Waals surface area contributed by atoms with Gasteiger partial charge in [0.2, 0.25) is 5.91 Å². The molecule has 0 bridgehead atoms. The van der Waals surface area contributed by atoms with Crippen LogP contribution in [0.5, 0.6) is 0 Å². The van der Waals surface area contributed by atoms with Crippen molar-refractivity contribution in [2.24, 2.45) is 0 Å². The molecule has 2 N–H and O–H groups in total. The Hall–Kier alpha value is -2.37. The third-order valence-electron chi connectivity index (χ3n) is 2.16. The Labute approximate surface area is 111 Å². The number of ether oxygens (including phenoxy) is 1. The predicted molar refractivity (Wildman–Crippen MR) is 70.1 cm³/mol. The summed E-state index contributed by atoms with van der Waals surface area (Å²) in [4.78, 5) is 33.7. The molecule has 6 heteroatoms. The minimum Gasteiger partial charge on any atom is -0.441 e. The minimum atomic E-state index is -0.631. The van der Waals surface area contributed by atoms with Crippen LogP contribution in [0.3, 0.4) is 0 Å². The average Bonchev–Trinajstić information content (AvgIpc) is 2.36. The Bertz CT molecular complexity index is 485. The molecule has 0 aliphatic rings. The van der Waals surface area contributed by atoms with Gasteiger partial charge in [-0.05, 0) is 19.1 Å². The normalized spacial score (nSPS) is 9.58. The number of ketones is 1. The van der Waals surface area contributed by atoms with Crippen molar-refractivity contribution >= 4 is 23.5 Å². The largest absolute Gasteiger partial charge is 0.441 e. The molecule has 0 saturated carbocycles. The average molecular weight is 264 g/mol. The lowest BCUT2D eigenvalue weighted by Crippen LogP contribution is -2.26. The molecule has 0 radical (unpaired) electrons. The molecule has 0 saturated heterocycles. The fourth-order valence-electron chi connectivity index (χ4n) is 1.38. The standard InChI is InChI=1S/C13H16N2O4/c1-3-14-13(18)19-8-12(17)10-5-4-6-11(7-10)15-9(2)16/h4-7H,3,8H2,1-2H3,(H,14,18)(H,15,16). The number of amides is 2. The van der Waals surface area contributed by atoms with E-state index in [0.717, 1.165) is 0 Å². The molecule has 1 aromatic rings. The van der Waals surface area contributed by atoms with Crippen LogP contribution in [0.25, 0.3) is 0 Å². The zero-order valence-electron chi connectivity index (χ0n) is 10.9. The first kappa shape index (κ1) is 14.7. The molecule has 0 aliphatic carbocycles. The Morgan fingerprint density at radius 3 is 2.63 bits per heavy atom. The van der Waals surface area contributed by atoms with Crippen molar-refractivity contribution in [2.45, 2.75) is 13.8 Å². The first-order valence-corrected chi connectivity index (χ1v) is 5.84. The number of rotatable bonds is 5. The number of carbonyl (C=O) groups excluding carboxylic acids is 3. The summed E-state index contributed by atoms with van der Waals surface area (Å²) in [6, 6.07) is 6.44. The van der Waals surface area contributed by atoms with Crippen molar-refractivity contribution < 1.29 is 19.1 Å². The van der Waals surface area contributed by atoms with Crippen LogP contribution in [0.15, 0.2) is 24.3 Å². The van der Waals surface area contributed by atoms with E-state index in [0.29, 0.717) is 17.8 Å². The van der Waals surface area contributed by atoms with Gasteiger partial charge in [-0.3, -0.25) is 9.59 Å². The summed E-state index contributed by atoms with van der Waals surface area (Å²) in [7, 11) is 0. The molecule has 6 nitrogen and oxygen atoms in total. The van der Waals surface area contributed by atoms with Crippen molar-refractivity contribution in [3.63, 3.8) is 0 Å². The van der Waals surface area contributed by atoms with Gasteiger partial charge in [0.25, 0.3) is 0 Å². The number of Topliss-reactive ketones (excluding diaryl/α,β-unsaturated/α-hetero) is 1. The van der Waals surface area contributed by atoms with Crippen LogP contribution in [0.1, 0.15) is 24.2 Å². The first-order chi connectivity index (χ1) is 9.02. The summed E-state index contributed by atoms with van der Waals surface area (Å²) < 4.78 is 4.73. The number of hydrogen-bond donors (Lipinski definition) is 2. The van der Waals surface area contributed by atoms with E-state index in [-0.39, 0.29) is 18.3 Å². The van der Waals surface area contributed by atoms with Gasteiger partial charge in [0, 0.05) is 24.7 Å². The molecule has 1 rings (SSSR count). The maximum absolute atomic E-state index is 11.8. The number of hydrogen-bond acceptors (Lipinski definition) is 4. The van der Waals surface area contributed by atoms with E-state index in [2.05, 4.69) is 10.6 Å². The number of anilines is 1. The second-order valence-electron chi connectivity index (χ2n) is 3.79. The van der Waals surface area contributed by atoms with Crippen LogP contribution in [-0.4, -0.2) is 30.9 Å². The molecule has 0 heterocycles. The highest BCUT2D eigenvalue weighted by atomic mass is 16.5. The van der Waals surface area contributed by atoms with E-state index in [4.69, 9.17) is 4.74 Å². The third-order valence-corrected chi connectivity index (χ3v) is 2.16. The maximum Gasteiger partial charge on any atom is 0.407 e. The topological polar surface area (TPSA) is 84.5 Å². The molecule has 0 unspecified atom stereocenters. The number of benzene rings is 1. The molecule has 19 heavy (non-hydrogen) atoms. The van der Waals surface area contributed by atoms with Crippen LogP contribution in [-0.2, 0) is 9.53 Å². The van der Waals surface area contributed by atoms with Crippen LogP contribution < -0.4 is 10.6 Å². The van der Waals surface area contributed by atoms with E-state index in [9.17, 15) is 14.4 Å². The van der Waals surface area contributed by atoms with Gasteiger partial charge in [-0.2, -0.15) is 0 Å². The van der Waals surface area contributed by atoms with E-state index in [1.54, 1.807) is 25.1 Å². The summed E-state index contributed by atoms with van der Waals surface area (Å²) in [5.41, 5.74) is 0.895. The summed E-state index contributed by atoms with van der Waals surface area (Å²) in [5.74, 6) is -0.554.